The molecule has 4 heteroatoms. The predicted molar refractivity (Wildman–Crippen MR) is 243 cm³/mol. The second kappa shape index (κ2) is 13.8. The number of aryl methyl sites for hydroxylation is 1. The lowest BCUT2D eigenvalue weighted by molar-refractivity contribution is 0.979. The highest BCUT2D eigenvalue weighted by atomic mass is 15.2. The molecular formula is C54H38N4. The number of pyridine rings is 1. The molecule has 0 radical (unpaired) electrons. The van der Waals surface area contributed by atoms with Crippen molar-refractivity contribution >= 4 is 55.2 Å². The lowest BCUT2D eigenvalue weighted by Gasteiger charge is -2.26. The molecule has 0 saturated heterocycles. The quantitative estimate of drug-likeness (QED) is 0.162. The van der Waals surface area contributed by atoms with Crippen molar-refractivity contribution in [2.45, 2.75) is 6.92 Å². The average Bonchev–Trinajstić information content (AvgIpc) is 3.82. The third kappa shape index (κ3) is 5.57. The summed E-state index contributed by atoms with van der Waals surface area (Å²) >= 11 is 0. The van der Waals surface area contributed by atoms with Crippen molar-refractivity contribution in [2.24, 2.45) is 0 Å². The minimum atomic E-state index is 0.986. The van der Waals surface area contributed by atoms with Gasteiger partial charge >= 0.3 is 0 Å². The zero-order valence-corrected chi connectivity index (χ0v) is 32.0. The van der Waals surface area contributed by atoms with Gasteiger partial charge in [-0.1, -0.05) is 140 Å². The van der Waals surface area contributed by atoms with Gasteiger partial charge in [0.05, 0.1) is 27.9 Å². The third-order valence-corrected chi connectivity index (χ3v) is 11.5. The number of nitrogens with zero attached hydrogens (tertiary/aromatic N) is 4. The van der Waals surface area contributed by atoms with Gasteiger partial charge in [0, 0.05) is 55.6 Å². The minimum absolute atomic E-state index is 0.986. The van der Waals surface area contributed by atoms with Crippen molar-refractivity contribution < 1.29 is 0 Å². The molecule has 0 saturated carbocycles. The van der Waals surface area contributed by atoms with Gasteiger partial charge < -0.3 is 9.47 Å². The Morgan fingerprint density at radius 2 is 0.966 bits per heavy atom. The van der Waals surface area contributed by atoms with Crippen molar-refractivity contribution in [3.8, 4) is 39.3 Å². The molecule has 0 amide bonds. The summed E-state index contributed by atoms with van der Waals surface area (Å²) in [4.78, 5) is 2.32. The molecule has 11 aromatic rings. The highest BCUT2D eigenvalue weighted by Gasteiger charge is 2.19. The van der Waals surface area contributed by atoms with Crippen molar-refractivity contribution in [1.82, 2.24) is 14.2 Å². The average molecular weight is 743 g/mol. The topological polar surface area (TPSA) is 25.5 Å². The number of para-hydroxylation sites is 3. The van der Waals surface area contributed by atoms with Gasteiger partial charge in [0.2, 0.25) is 0 Å². The molecular weight excluding hydrogens is 705 g/mol. The van der Waals surface area contributed by atoms with Crippen molar-refractivity contribution in [2.75, 3.05) is 4.90 Å². The van der Waals surface area contributed by atoms with E-state index in [4.69, 9.17) is 5.10 Å². The first-order valence-corrected chi connectivity index (χ1v) is 19.8. The van der Waals surface area contributed by atoms with E-state index < -0.39 is 0 Å². The van der Waals surface area contributed by atoms with E-state index >= 15 is 0 Å². The molecule has 0 N–H and O–H groups in total. The Labute approximate surface area is 337 Å². The summed E-state index contributed by atoms with van der Waals surface area (Å²) in [5.41, 5.74) is 15.8. The number of hydrogen-bond donors (Lipinski definition) is 0. The van der Waals surface area contributed by atoms with E-state index in [1.54, 1.807) is 0 Å². The summed E-state index contributed by atoms with van der Waals surface area (Å²) in [5, 5.41) is 10.2. The SMILES string of the molecule is Cc1c(-c2ccc(N(c3ccccc3)c3ccc(-c4ccc5c(c4)c4ccccc4n5-c4ccccc4)cc3)cc2)nn2c(-c3ccccc3)cc3ccccc3c12. The Bertz CT molecular complexity index is 3250. The van der Waals surface area contributed by atoms with Crippen LogP contribution < -0.4 is 4.90 Å². The molecule has 11 rings (SSSR count). The van der Waals surface area contributed by atoms with Gasteiger partial charge in [-0.25, -0.2) is 4.52 Å². The summed E-state index contributed by atoms with van der Waals surface area (Å²) in [6.07, 6.45) is 0. The highest BCUT2D eigenvalue weighted by Crippen LogP contribution is 2.40. The van der Waals surface area contributed by atoms with Gasteiger partial charge in [-0.15, -0.1) is 0 Å². The maximum Gasteiger partial charge on any atom is 0.0963 e. The molecule has 0 unspecified atom stereocenters. The molecule has 0 aliphatic rings. The van der Waals surface area contributed by atoms with E-state index in [0.717, 1.165) is 45.1 Å². The molecule has 0 bridgehead atoms. The number of fused-ring (bicyclic) bond motifs is 6. The standard InChI is InChI=1S/C54H38N4/c1-37-53(55-58-52(39-15-5-2-6-16-39)36-42-17-11-12-22-47(42)54(37)58)40-27-32-46(33-28-40)56(43-18-7-3-8-19-43)45-30-25-38(26-31-45)41-29-34-51-49(35-41)48-23-13-14-24-50(48)57(51)44-20-9-4-10-21-44/h2-36H,1H3. The number of rotatable bonds is 7. The Balaban J connectivity index is 0.968. The first-order valence-electron chi connectivity index (χ1n) is 19.8. The lowest BCUT2D eigenvalue weighted by Crippen LogP contribution is -2.09. The second-order valence-electron chi connectivity index (χ2n) is 14.9. The summed E-state index contributed by atoms with van der Waals surface area (Å²) < 4.78 is 4.49. The van der Waals surface area contributed by atoms with Gasteiger partial charge in [-0.05, 0) is 96.2 Å². The molecule has 274 valence electrons. The van der Waals surface area contributed by atoms with Gasteiger partial charge in [0.15, 0.2) is 0 Å². The monoisotopic (exact) mass is 742 g/mol. The van der Waals surface area contributed by atoms with Crippen molar-refractivity contribution in [3.05, 3.63) is 218 Å². The Morgan fingerprint density at radius 1 is 0.414 bits per heavy atom. The van der Waals surface area contributed by atoms with Crippen LogP contribution in [0, 0.1) is 6.92 Å². The van der Waals surface area contributed by atoms with Gasteiger partial charge in [0.1, 0.15) is 0 Å². The fourth-order valence-corrected chi connectivity index (χ4v) is 8.73. The fraction of sp³-hybridized carbons (Fsp3) is 0.0185. The molecule has 4 nitrogen and oxygen atoms in total. The zero-order chi connectivity index (χ0) is 38.6. The van der Waals surface area contributed by atoms with E-state index in [-0.39, 0.29) is 0 Å². The number of anilines is 3. The highest BCUT2D eigenvalue weighted by molar-refractivity contribution is 6.10. The van der Waals surface area contributed by atoms with Crippen molar-refractivity contribution in [3.63, 3.8) is 0 Å². The van der Waals surface area contributed by atoms with Crippen molar-refractivity contribution in [1.29, 1.82) is 0 Å². The normalized spacial score (nSPS) is 11.5. The Morgan fingerprint density at radius 3 is 1.69 bits per heavy atom. The number of aromatic nitrogens is 3. The summed E-state index contributed by atoms with van der Waals surface area (Å²) in [7, 11) is 0. The van der Waals surface area contributed by atoms with Crippen LogP contribution in [0.2, 0.25) is 0 Å². The van der Waals surface area contributed by atoms with Gasteiger partial charge in [-0.3, -0.25) is 0 Å². The first-order chi connectivity index (χ1) is 28.7. The number of benzene rings is 8. The number of hydrogen-bond acceptors (Lipinski definition) is 2. The van der Waals surface area contributed by atoms with Crippen LogP contribution in [-0.4, -0.2) is 14.2 Å². The van der Waals surface area contributed by atoms with Crippen LogP contribution in [0.25, 0.3) is 77.4 Å². The predicted octanol–water partition coefficient (Wildman–Crippen LogP) is 14.4. The minimum Gasteiger partial charge on any atom is -0.311 e. The third-order valence-electron chi connectivity index (χ3n) is 11.5. The molecule has 0 spiro atoms. The lowest BCUT2D eigenvalue weighted by atomic mass is 10.0. The van der Waals surface area contributed by atoms with Crippen LogP contribution in [0.4, 0.5) is 17.1 Å². The summed E-state index contributed by atoms with van der Waals surface area (Å²) in [5.74, 6) is 0. The van der Waals surface area contributed by atoms with Crippen LogP contribution in [0.5, 0.6) is 0 Å². The molecule has 3 aromatic heterocycles. The zero-order valence-electron chi connectivity index (χ0n) is 32.0. The Hall–Kier alpha value is -7.69. The molecule has 0 fully saturated rings. The first kappa shape index (κ1) is 33.6. The van der Waals surface area contributed by atoms with Gasteiger partial charge in [0.25, 0.3) is 0 Å². The molecule has 0 atom stereocenters. The van der Waals surface area contributed by atoms with Crippen LogP contribution in [0.15, 0.2) is 212 Å². The molecule has 3 heterocycles. The molecule has 0 aliphatic carbocycles. The fourth-order valence-electron chi connectivity index (χ4n) is 8.73. The molecule has 58 heavy (non-hydrogen) atoms. The molecule has 0 aliphatic heterocycles. The van der Waals surface area contributed by atoms with E-state index in [0.29, 0.717) is 0 Å². The smallest absolute Gasteiger partial charge is 0.0963 e. The summed E-state index contributed by atoms with van der Waals surface area (Å²) in [6.45, 7) is 2.20. The van der Waals surface area contributed by atoms with Gasteiger partial charge in [-0.2, -0.15) is 5.10 Å². The van der Waals surface area contributed by atoms with E-state index in [1.807, 2.05) is 0 Å². The van der Waals surface area contributed by atoms with E-state index in [2.05, 4.69) is 233 Å². The molecule has 8 aromatic carbocycles. The summed E-state index contributed by atoms with van der Waals surface area (Å²) in [6, 6.07) is 76.0. The van der Waals surface area contributed by atoms with Crippen LogP contribution >= 0.6 is 0 Å². The van der Waals surface area contributed by atoms with Crippen LogP contribution in [0.1, 0.15) is 5.56 Å². The largest absolute Gasteiger partial charge is 0.311 e. The van der Waals surface area contributed by atoms with Crippen LogP contribution in [-0.2, 0) is 0 Å². The Kier molecular flexibility index (Phi) is 8.00. The maximum atomic E-state index is 5.29. The maximum absolute atomic E-state index is 5.29. The van der Waals surface area contributed by atoms with E-state index in [1.165, 1.54) is 55.0 Å². The van der Waals surface area contributed by atoms with Crippen LogP contribution in [0.3, 0.4) is 0 Å². The second-order valence-corrected chi connectivity index (χ2v) is 14.9. The van der Waals surface area contributed by atoms with E-state index in [9.17, 15) is 0 Å².